The number of hydrogen-bond acceptors (Lipinski definition) is 4. The van der Waals surface area contributed by atoms with Crippen LogP contribution in [0.3, 0.4) is 0 Å². The van der Waals surface area contributed by atoms with E-state index < -0.39 is 0 Å². The molecule has 130 valence electrons. The van der Waals surface area contributed by atoms with Crippen LogP contribution < -0.4 is 4.90 Å². The van der Waals surface area contributed by atoms with Crippen molar-refractivity contribution in [2.75, 3.05) is 25.1 Å². The number of methoxy groups -OCH3 is 1. The lowest BCUT2D eigenvalue weighted by Gasteiger charge is -2.31. The average Bonchev–Trinajstić information content (AvgIpc) is 3.28. The van der Waals surface area contributed by atoms with Crippen molar-refractivity contribution in [1.82, 2.24) is 19.7 Å². The van der Waals surface area contributed by atoms with Gasteiger partial charge >= 0.3 is 0 Å². The number of pyridine rings is 1. The molecular formula is C19H23N5O. The normalized spacial score (nSPS) is 15.7. The number of piperidine rings is 1. The Morgan fingerprint density at radius 2 is 2.08 bits per heavy atom. The molecule has 0 radical (unpaired) electrons. The zero-order valence-corrected chi connectivity index (χ0v) is 14.6. The van der Waals surface area contributed by atoms with E-state index in [9.17, 15) is 0 Å². The van der Waals surface area contributed by atoms with Crippen LogP contribution >= 0.6 is 0 Å². The molecule has 1 aliphatic heterocycles. The third-order valence-electron chi connectivity index (χ3n) is 4.91. The van der Waals surface area contributed by atoms with Crippen molar-refractivity contribution < 1.29 is 4.74 Å². The molecule has 1 fully saturated rings. The topological polar surface area (TPSA) is 59.0 Å². The van der Waals surface area contributed by atoms with Gasteiger partial charge in [-0.2, -0.15) is 0 Å². The van der Waals surface area contributed by atoms with Gasteiger partial charge in [0.15, 0.2) is 5.82 Å². The maximum absolute atomic E-state index is 5.48. The van der Waals surface area contributed by atoms with Crippen molar-refractivity contribution in [3.05, 3.63) is 48.5 Å². The number of H-pyrrole nitrogens is 1. The smallest absolute Gasteiger partial charge is 0.151 e. The van der Waals surface area contributed by atoms with Crippen molar-refractivity contribution in [1.29, 1.82) is 0 Å². The van der Waals surface area contributed by atoms with E-state index in [1.165, 1.54) is 5.56 Å². The molecule has 3 aromatic heterocycles. The molecule has 0 atom stereocenters. The summed E-state index contributed by atoms with van der Waals surface area (Å²) in [6.45, 7) is 4.04. The lowest BCUT2D eigenvalue weighted by atomic mass is 10.1. The number of aryl methyl sites for hydroxylation is 1. The second kappa shape index (κ2) is 6.72. The second-order valence-electron chi connectivity index (χ2n) is 6.48. The van der Waals surface area contributed by atoms with Gasteiger partial charge in [0.25, 0.3) is 0 Å². The van der Waals surface area contributed by atoms with Gasteiger partial charge in [0.05, 0.1) is 23.7 Å². The first-order chi connectivity index (χ1) is 12.3. The Bertz CT molecular complexity index is 831. The summed E-state index contributed by atoms with van der Waals surface area (Å²) in [6, 6.07) is 6.15. The number of nitrogens with zero attached hydrogens (tertiary/aromatic N) is 4. The monoisotopic (exact) mass is 337 g/mol. The van der Waals surface area contributed by atoms with Crippen molar-refractivity contribution in [3.63, 3.8) is 0 Å². The second-order valence-corrected chi connectivity index (χ2v) is 6.48. The van der Waals surface area contributed by atoms with E-state index in [1.54, 1.807) is 13.3 Å². The number of hydrogen-bond donors (Lipinski definition) is 1. The van der Waals surface area contributed by atoms with Crippen LogP contribution in [-0.2, 0) is 4.74 Å². The van der Waals surface area contributed by atoms with Gasteiger partial charge in [-0.05, 0) is 37.5 Å². The molecular weight excluding hydrogens is 314 g/mol. The first kappa shape index (κ1) is 15.9. The quantitative estimate of drug-likeness (QED) is 0.794. The molecule has 1 N–H and O–H groups in total. The summed E-state index contributed by atoms with van der Waals surface area (Å²) in [5.74, 6) is 1.01. The molecule has 3 aromatic rings. The van der Waals surface area contributed by atoms with Gasteiger partial charge in [-0.3, -0.25) is 4.98 Å². The van der Waals surface area contributed by atoms with Gasteiger partial charge in [0, 0.05) is 50.4 Å². The Morgan fingerprint density at radius 1 is 1.24 bits per heavy atom. The lowest BCUT2D eigenvalue weighted by molar-refractivity contribution is 0.0818. The summed E-state index contributed by atoms with van der Waals surface area (Å²) in [6.07, 6.45) is 10.1. The van der Waals surface area contributed by atoms with Gasteiger partial charge in [-0.25, -0.2) is 4.68 Å². The summed E-state index contributed by atoms with van der Waals surface area (Å²) in [5.41, 5.74) is 4.41. The van der Waals surface area contributed by atoms with Crippen LogP contribution in [0.4, 0.5) is 5.82 Å². The fourth-order valence-electron chi connectivity index (χ4n) is 3.43. The van der Waals surface area contributed by atoms with E-state index in [0.717, 1.165) is 48.7 Å². The van der Waals surface area contributed by atoms with Crippen molar-refractivity contribution in [2.45, 2.75) is 25.9 Å². The fraction of sp³-hybridized carbons (Fsp3) is 0.368. The average molecular weight is 337 g/mol. The van der Waals surface area contributed by atoms with Gasteiger partial charge in [-0.1, -0.05) is 0 Å². The number of anilines is 1. The van der Waals surface area contributed by atoms with E-state index in [-0.39, 0.29) is 0 Å². The summed E-state index contributed by atoms with van der Waals surface area (Å²) in [7, 11) is 1.80. The maximum Gasteiger partial charge on any atom is 0.151 e. The lowest BCUT2D eigenvalue weighted by Crippen LogP contribution is -2.36. The standard InChI is InChI=1S/C19H23N5O/c1-14-11-21-13-17(14)18-10-19(23-8-5-16(25-2)6-9-23)22-24(18)15-4-3-7-20-12-15/h3-4,7,10-13,16,21H,5-6,8-9H2,1-2H3. The first-order valence-corrected chi connectivity index (χ1v) is 8.68. The summed E-state index contributed by atoms with van der Waals surface area (Å²) in [4.78, 5) is 9.78. The highest BCUT2D eigenvalue weighted by Gasteiger charge is 2.23. The highest BCUT2D eigenvalue weighted by Crippen LogP contribution is 2.30. The SMILES string of the molecule is COC1CCN(c2cc(-c3c[nH]cc3C)n(-c3cccnc3)n2)CC1. The first-order valence-electron chi connectivity index (χ1n) is 8.68. The zero-order valence-electron chi connectivity index (χ0n) is 14.6. The molecule has 6 heteroatoms. The molecule has 1 saturated heterocycles. The highest BCUT2D eigenvalue weighted by molar-refractivity contribution is 5.68. The number of ether oxygens (including phenoxy) is 1. The molecule has 0 bridgehead atoms. The van der Waals surface area contributed by atoms with E-state index in [4.69, 9.17) is 9.84 Å². The van der Waals surface area contributed by atoms with Crippen molar-refractivity contribution >= 4 is 5.82 Å². The molecule has 1 aliphatic rings. The molecule has 0 spiro atoms. The van der Waals surface area contributed by atoms with Crippen LogP contribution in [0, 0.1) is 6.92 Å². The molecule has 0 unspecified atom stereocenters. The maximum atomic E-state index is 5.48. The molecule has 4 rings (SSSR count). The number of aromatic nitrogens is 4. The van der Waals surface area contributed by atoms with Crippen molar-refractivity contribution in [2.24, 2.45) is 0 Å². The van der Waals surface area contributed by atoms with Crippen LogP contribution in [-0.4, -0.2) is 46.1 Å². The van der Waals surface area contributed by atoms with E-state index in [2.05, 4.69) is 27.9 Å². The van der Waals surface area contributed by atoms with Crippen LogP contribution in [0.25, 0.3) is 16.9 Å². The van der Waals surface area contributed by atoms with Crippen molar-refractivity contribution in [3.8, 4) is 16.9 Å². The highest BCUT2D eigenvalue weighted by atomic mass is 16.5. The molecule has 0 aliphatic carbocycles. The molecule has 25 heavy (non-hydrogen) atoms. The molecule has 6 nitrogen and oxygen atoms in total. The van der Waals surface area contributed by atoms with Gasteiger partial charge < -0.3 is 14.6 Å². The van der Waals surface area contributed by atoms with Gasteiger partial charge in [-0.15, -0.1) is 5.10 Å². The number of rotatable bonds is 4. The van der Waals surface area contributed by atoms with Crippen LogP contribution in [0.1, 0.15) is 18.4 Å². The molecule has 0 saturated carbocycles. The molecule has 0 aromatic carbocycles. The number of nitrogens with one attached hydrogen (secondary N) is 1. The molecule has 0 amide bonds. The van der Waals surface area contributed by atoms with Crippen LogP contribution in [0.15, 0.2) is 43.0 Å². The Hall–Kier alpha value is -2.60. The minimum Gasteiger partial charge on any atom is -0.381 e. The Kier molecular flexibility index (Phi) is 4.28. The largest absolute Gasteiger partial charge is 0.381 e. The minimum atomic E-state index is 0.364. The summed E-state index contributed by atoms with van der Waals surface area (Å²) in [5, 5.41) is 4.90. The zero-order chi connectivity index (χ0) is 17.2. The minimum absolute atomic E-state index is 0.364. The summed E-state index contributed by atoms with van der Waals surface area (Å²) < 4.78 is 7.47. The molecule has 4 heterocycles. The van der Waals surface area contributed by atoms with E-state index in [0.29, 0.717) is 6.10 Å². The van der Waals surface area contributed by atoms with Crippen LogP contribution in [0.2, 0.25) is 0 Å². The predicted molar refractivity (Wildman–Crippen MR) is 98.1 cm³/mol. The third kappa shape index (κ3) is 3.05. The van der Waals surface area contributed by atoms with E-state index in [1.807, 2.05) is 35.4 Å². The third-order valence-corrected chi connectivity index (χ3v) is 4.91. The predicted octanol–water partition coefficient (Wildman–Crippen LogP) is 3.19. The van der Waals surface area contributed by atoms with E-state index >= 15 is 0 Å². The van der Waals surface area contributed by atoms with Crippen LogP contribution in [0.5, 0.6) is 0 Å². The number of aromatic amines is 1. The Labute approximate surface area is 147 Å². The summed E-state index contributed by atoms with van der Waals surface area (Å²) >= 11 is 0. The Morgan fingerprint density at radius 3 is 2.72 bits per heavy atom. The Balaban J connectivity index is 1.73. The fourth-order valence-corrected chi connectivity index (χ4v) is 3.43. The van der Waals surface area contributed by atoms with Gasteiger partial charge in [0.2, 0.25) is 0 Å². The van der Waals surface area contributed by atoms with Gasteiger partial charge in [0.1, 0.15) is 0 Å².